The maximum atomic E-state index is 11.7. The summed E-state index contributed by atoms with van der Waals surface area (Å²) in [6.45, 7) is 3.26. The lowest BCUT2D eigenvalue weighted by Gasteiger charge is -2.28. The van der Waals surface area contributed by atoms with Gasteiger partial charge in [0, 0.05) is 12.6 Å². The number of hydrogen-bond acceptors (Lipinski definition) is 4. The minimum Gasteiger partial charge on any atom is -0.465 e. The summed E-state index contributed by atoms with van der Waals surface area (Å²) in [6.07, 6.45) is 8.89. The highest BCUT2D eigenvalue weighted by Gasteiger charge is 2.21. The summed E-state index contributed by atoms with van der Waals surface area (Å²) in [5.74, 6) is -0.126. The Balaban J connectivity index is 2.33. The van der Waals surface area contributed by atoms with E-state index >= 15 is 0 Å². The van der Waals surface area contributed by atoms with Crippen molar-refractivity contribution < 1.29 is 9.53 Å². The first kappa shape index (κ1) is 16.4. The highest BCUT2D eigenvalue weighted by molar-refractivity contribution is 5.75. The molecule has 1 fully saturated rings. The van der Waals surface area contributed by atoms with Crippen LogP contribution in [0.4, 0.5) is 0 Å². The van der Waals surface area contributed by atoms with E-state index in [1.807, 2.05) is 14.0 Å². The fraction of sp³-hybridized carbons (Fsp3) is 0.933. The van der Waals surface area contributed by atoms with Gasteiger partial charge in [-0.1, -0.05) is 25.7 Å². The van der Waals surface area contributed by atoms with Gasteiger partial charge in [-0.25, -0.2) is 0 Å². The average molecular weight is 270 g/mol. The van der Waals surface area contributed by atoms with Crippen molar-refractivity contribution in [1.29, 1.82) is 0 Å². The Morgan fingerprint density at radius 1 is 1.32 bits per heavy atom. The first-order valence-electron chi connectivity index (χ1n) is 7.73. The lowest BCUT2D eigenvalue weighted by atomic mass is 10.1. The van der Waals surface area contributed by atoms with Crippen molar-refractivity contribution in [2.45, 2.75) is 64.0 Å². The van der Waals surface area contributed by atoms with E-state index in [0.717, 1.165) is 13.0 Å². The fourth-order valence-electron chi connectivity index (χ4n) is 2.84. The maximum absolute atomic E-state index is 11.7. The summed E-state index contributed by atoms with van der Waals surface area (Å²) in [5.41, 5.74) is 0. The number of carbonyl (C=O) groups excluding carboxylic acids is 1. The zero-order chi connectivity index (χ0) is 14.1. The highest BCUT2D eigenvalue weighted by atomic mass is 16.5. The molecule has 1 unspecified atom stereocenters. The number of nitrogens with zero attached hydrogens (tertiary/aromatic N) is 1. The lowest BCUT2D eigenvalue weighted by Crippen LogP contribution is -2.40. The molecule has 0 aliphatic heterocycles. The van der Waals surface area contributed by atoms with Crippen molar-refractivity contribution in [2.24, 2.45) is 0 Å². The van der Waals surface area contributed by atoms with Gasteiger partial charge in [0.15, 0.2) is 0 Å². The summed E-state index contributed by atoms with van der Waals surface area (Å²) in [7, 11) is 4.01. The molecule has 4 heteroatoms. The Morgan fingerprint density at radius 2 is 1.95 bits per heavy atom. The van der Waals surface area contributed by atoms with Crippen molar-refractivity contribution in [3.05, 3.63) is 0 Å². The van der Waals surface area contributed by atoms with Crippen LogP contribution in [0.5, 0.6) is 0 Å². The SMILES string of the molecule is CCOC(=O)C(CCN(C)C1CCCCCC1)NC. The van der Waals surface area contributed by atoms with Gasteiger partial charge in [0.1, 0.15) is 6.04 Å². The zero-order valence-electron chi connectivity index (χ0n) is 12.8. The van der Waals surface area contributed by atoms with Gasteiger partial charge in [-0.3, -0.25) is 4.79 Å². The predicted octanol–water partition coefficient (Wildman–Crippen LogP) is 2.18. The molecule has 0 radical (unpaired) electrons. The third kappa shape index (κ3) is 5.91. The first-order chi connectivity index (χ1) is 9.19. The maximum Gasteiger partial charge on any atom is 0.323 e. The Labute approximate surface area is 117 Å². The standard InChI is InChI=1S/C15H30N2O2/c1-4-19-15(18)14(16-2)11-12-17(3)13-9-7-5-6-8-10-13/h13-14,16H,4-12H2,1-3H3. The summed E-state index contributed by atoms with van der Waals surface area (Å²) in [5, 5.41) is 3.06. The van der Waals surface area contributed by atoms with Crippen LogP contribution in [0.25, 0.3) is 0 Å². The molecule has 19 heavy (non-hydrogen) atoms. The predicted molar refractivity (Wildman–Crippen MR) is 78.2 cm³/mol. The van der Waals surface area contributed by atoms with Crippen molar-refractivity contribution >= 4 is 5.97 Å². The van der Waals surface area contributed by atoms with Gasteiger partial charge in [0.25, 0.3) is 0 Å². The minimum atomic E-state index is -0.173. The van der Waals surface area contributed by atoms with Crippen LogP contribution >= 0.6 is 0 Å². The van der Waals surface area contributed by atoms with Gasteiger partial charge in [-0.15, -0.1) is 0 Å². The molecule has 0 aromatic carbocycles. The molecular formula is C15H30N2O2. The van der Waals surface area contributed by atoms with Crippen LogP contribution in [0.15, 0.2) is 0 Å². The highest BCUT2D eigenvalue weighted by Crippen LogP contribution is 2.21. The molecule has 4 nitrogen and oxygen atoms in total. The van der Waals surface area contributed by atoms with Crippen molar-refractivity contribution in [3.63, 3.8) is 0 Å². The van der Waals surface area contributed by atoms with Gasteiger partial charge >= 0.3 is 5.97 Å². The van der Waals surface area contributed by atoms with E-state index in [1.165, 1.54) is 38.5 Å². The van der Waals surface area contributed by atoms with E-state index in [0.29, 0.717) is 12.6 Å². The topological polar surface area (TPSA) is 41.6 Å². The van der Waals surface area contributed by atoms with Gasteiger partial charge in [-0.05, 0) is 40.3 Å². The average Bonchev–Trinajstić information content (AvgIpc) is 2.68. The second-order valence-corrected chi connectivity index (χ2v) is 5.51. The second kappa shape index (κ2) is 9.32. The third-order valence-electron chi connectivity index (χ3n) is 4.14. The van der Waals surface area contributed by atoms with E-state index in [9.17, 15) is 4.79 Å². The molecule has 1 aliphatic carbocycles. The molecule has 0 aromatic rings. The van der Waals surface area contributed by atoms with E-state index < -0.39 is 0 Å². The molecule has 0 spiro atoms. The smallest absolute Gasteiger partial charge is 0.323 e. The Bertz CT molecular complexity index is 251. The van der Waals surface area contributed by atoms with Crippen LogP contribution in [0.2, 0.25) is 0 Å². The fourth-order valence-corrected chi connectivity index (χ4v) is 2.84. The molecule has 1 rings (SSSR count). The monoisotopic (exact) mass is 270 g/mol. The van der Waals surface area contributed by atoms with Crippen LogP contribution < -0.4 is 5.32 Å². The number of hydrogen-bond donors (Lipinski definition) is 1. The molecule has 112 valence electrons. The molecular weight excluding hydrogens is 240 g/mol. The van der Waals surface area contributed by atoms with Crippen LogP contribution in [0.1, 0.15) is 51.9 Å². The summed E-state index contributed by atoms with van der Waals surface area (Å²) < 4.78 is 5.07. The molecule has 0 heterocycles. The number of ether oxygens (including phenoxy) is 1. The van der Waals surface area contributed by atoms with Gasteiger partial charge < -0.3 is 15.0 Å². The number of nitrogens with one attached hydrogen (secondary N) is 1. The number of esters is 1. The normalized spacial score (nSPS) is 19.2. The minimum absolute atomic E-state index is 0.126. The van der Waals surface area contributed by atoms with Gasteiger partial charge in [0.05, 0.1) is 6.61 Å². The zero-order valence-corrected chi connectivity index (χ0v) is 12.8. The van der Waals surface area contributed by atoms with E-state index in [4.69, 9.17) is 4.74 Å². The Morgan fingerprint density at radius 3 is 2.47 bits per heavy atom. The lowest BCUT2D eigenvalue weighted by molar-refractivity contribution is -0.145. The van der Waals surface area contributed by atoms with Crippen LogP contribution in [0, 0.1) is 0 Å². The van der Waals surface area contributed by atoms with Crippen LogP contribution in [-0.4, -0.2) is 50.2 Å². The van der Waals surface area contributed by atoms with Crippen LogP contribution in [0.3, 0.4) is 0 Å². The quantitative estimate of drug-likeness (QED) is 0.569. The van der Waals surface area contributed by atoms with E-state index in [-0.39, 0.29) is 12.0 Å². The molecule has 1 atom stereocenters. The molecule has 0 amide bonds. The molecule has 1 N–H and O–H groups in total. The molecule has 1 saturated carbocycles. The number of rotatable bonds is 7. The number of likely N-dealkylation sites (N-methyl/N-ethyl adjacent to an activating group) is 1. The molecule has 0 bridgehead atoms. The summed E-state index contributed by atoms with van der Waals surface area (Å²) in [6, 6.07) is 0.523. The molecule has 0 aromatic heterocycles. The van der Waals surface area contributed by atoms with E-state index in [1.54, 1.807) is 0 Å². The summed E-state index contributed by atoms with van der Waals surface area (Å²) in [4.78, 5) is 14.1. The van der Waals surface area contributed by atoms with Crippen molar-refractivity contribution in [3.8, 4) is 0 Å². The van der Waals surface area contributed by atoms with Crippen molar-refractivity contribution in [1.82, 2.24) is 10.2 Å². The summed E-state index contributed by atoms with van der Waals surface area (Å²) >= 11 is 0. The first-order valence-corrected chi connectivity index (χ1v) is 7.73. The molecule has 0 saturated heterocycles. The van der Waals surface area contributed by atoms with E-state index in [2.05, 4.69) is 17.3 Å². The van der Waals surface area contributed by atoms with Gasteiger partial charge in [-0.2, -0.15) is 0 Å². The Hall–Kier alpha value is -0.610. The van der Waals surface area contributed by atoms with Gasteiger partial charge in [0.2, 0.25) is 0 Å². The largest absolute Gasteiger partial charge is 0.465 e. The molecule has 1 aliphatic rings. The third-order valence-corrected chi connectivity index (χ3v) is 4.14. The Kier molecular flexibility index (Phi) is 8.07. The second-order valence-electron chi connectivity index (χ2n) is 5.51. The number of carbonyl (C=O) groups is 1. The van der Waals surface area contributed by atoms with Crippen molar-refractivity contribution in [2.75, 3.05) is 27.2 Å². The van der Waals surface area contributed by atoms with Crippen LogP contribution in [-0.2, 0) is 9.53 Å².